The van der Waals surface area contributed by atoms with Gasteiger partial charge in [0.1, 0.15) is 0 Å². The Morgan fingerprint density at radius 3 is 2.40 bits per heavy atom. The molecule has 1 aliphatic rings. The van der Waals surface area contributed by atoms with Crippen LogP contribution in [0.3, 0.4) is 0 Å². The molecule has 0 bridgehead atoms. The summed E-state index contributed by atoms with van der Waals surface area (Å²) in [5.41, 5.74) is 0. The molecular formula is C7H16N2O4S2. The van der Waals surface area contributed by atoms with Crippen molar-refractivity contribution in [1.82, 2.24) is 9.62 Å². The van der Waals surface area contributed by atoms with Crippen molar-refractivity contribution in [3.05, 3.63) is 0 Å². The highest BCUT2D eigenvalue weighted by Crippen LogP contribution is 2.11. The van der Waals surface area contributed by atoms with Gasteiger partial charge in [-0.15, -0.1) is 0 Å². The van der Waals surface area contributed by atoms with Crippen LogP contribution in [-0.4, -0.2) is 58.2 Å². The van der Waals surface area contributed by atoms with Crippen LogP contribution < -0.4 is 5.32 Å². The molecular weight excluding hydrogens is 240 g/mol. The fraction of sp³-hybridized carbons (Fsp3) is 1.00. The van der Waals surface area contributed by atoms with Gasteiger partial charge in [0.05, 0.1) is 0 Å². The molecule has 0 aromatic carbocycles. The van der Waals surface area contributed by atoms with Gasteiger partial charge in [-0.25, -0.2) is 16.8 Å². The fourth-order valence-electron chi connectivity index (χ4n) is 1.57. The maximum absolute atomic E-state index is 11.7. The van der Waals surface area contributed by atoms with Gasteiger partial charge >= 0.3 is 0 Å². The molecule has 0 unspecified atom stereocenters. The fourth-order valence-corrected chi connectivity index (χ4v) is 5.27. The number of nitrogens with zero attached hydrogens (tertiary/aromatic N) is 1. The van der Waals surface area contributed by atoms with Crippen LogP contribution in [0.25, 0.3) is 0 Å². The van der Waals surface area contributed by atoms with E-state index in [-0.39, 0.29) is 6.04 Å². The van der Waals surface area contributed by atoms with Gasteiger partial charge in [0, 0.05) is 31.9 Å². The molecule has 1 N–H and O–H groups in total. The van der Waals surface area contributed by atoms with Gasteiger partial charge < -0.3 is 5.32 Å². The number of rotatable bonds is 3. The summed E-state index contributed by atoms with van der Waals surface area (Å²) >= 11 is 0. The first-order chi connectivity index (χ1) is 6.72. The lowest BCUT2D eigenvalue weighted by Gasteiger charge is -2.32. The van der Waals surface area contributed by atoms with Crippen molar-refractivity contribution in [3.63, 3.8) is 0 Å². The van der Waals surface area contributed by atoms with Crippen molar-refractivity contribution in [2.75, 3.05) is 31.0 Å². The third-order valence-electron chi connectivity index (χ3n) is 2.16. The predicted molar refractivity (Wildman–Crippen MR) is 57.7 cm³/mol. The Bertz CT molecular complexity index is 414. The summed E-state index contributed by atoms with van der Waals surface area (Å²) in [5.74, 6) is 0. The average molecular weight is 256 g/mol. The highest BCUT2D eigenvalue weighted by molar-refractivity contribution is 8.06. The number of sulfone groups is 1. The predicted octanol–water partition coefficient (Wildman–Crippen LogP) is -1.39. The Morgan fingerprint density at radius 1 is 1.33 bits per heavy atom. The van der Waals surface area contributed by atoms with Gasteiger partial charge in [0.25, 0.3) is 0 Å². The van der Waals surface area contributed by atoms with E-state index in [4.69, 9.17) is 0 Å². The second-order valence-corrected chi connectivity index (χ2v) is 8.25. The molecule has 0 spiro atoms. The van der Waals surface area contributed by atoms with Crippen LogP contribution in [-0.2, 0) is 19.9 Å². The smallest absolute Gasteiger partial charge is 0.228 e. The highest BCUT2D eigenvalue weighted by Gasteiger charge is 2.31. The van der Waals surface area contributed by atoms with E-state index in [0.29, 0.717) is 19.6 Å². The van der Waals surface area contributed by atoms with E-state index in [2.05, 4.69) is 5.32 Å². The minimum Gasteiger partial charge on any atom is -0.314 e. The van der Waals surface area contributed by atoms with Gasteiger partial charge in [-0.2, -0.15) is 4.31 Å². The summed E-state index contributed by atoms with van der Waals surface area (Å²) in [6.45, 7) is 3.21. The van der Waals surface area contributed by atoms with E-state index in [9.17, 15) is 16.8 Å². The number of nitrogens with one attached hydrogen (secondary N) is 1. The average Bonchev–Trinajstić information content (AvgIpc) is 1.99. The third kappa shape index (κ3) is 3.71. The molecule has 1 rings (SSSR count). The third-order valence-corrected chi connectivity index (χ3v) is 6.32. The molecule has 1 saturated heterocycles. The van der Waals surface area contributed by atoms with E-state index in [0.717, 1.165) is 6.26 Å². The number of sulfonamides is 1. The van der Waals surface area contributed by atoms with Gasteiger partial charge in [0.2, 0.25) is 10.0 Å². The summed E-state index contributed by atoms with van der Waals surface area (Å²) in [6, 6.07) is -0.189. The number of hydrogen-bond donors (Lipinski definition) is 1. The van der Waals surface area contributed by atoms with Crippen molar-refractivity contribution in [1.29, 1.82) is 0 Å². The molecule has 6 nitrogen and oxygen atoms in total. The molecule has 0 aromatic heterocycles. The van der Waals surface area contributed by atoms with Crippen LogP contribution in [0.1, 0.15) is 6.92 Å². The molecule has 1 fully saturated rings. The van der Waals surface area contributed by atoms with Crippen molar-refractivity contribution >= 4 is 19.9 Å². The van der Waals surface area contributed by atoms with Crippen LogP contribution in [0.15, 0.2) is 0 Å². The zero-order valence-corrected chi connectivity index (χ0v) is 10.4. The van der Waals surface area contributed by atoms with Gasteiger partial charge in [-0.1, -0.05) is 0 Å². The molecule has 90 valence electrons. The standard InChI is InChI=1S/C7H16N2O4S2/c1-7-5-8-3-4-9(7)15(12,13)6-14(2,10)11/h7-8H,3-6H2,1-2H3/t7-/m1/s1. The topological polar surface area (TPSA) is 83.6 Å². The second-order valence-electron chi connectivity index (χ2n) is 3.82. The molecule has 0 radical (unpaired) electrons. The quantitative estimate of drug-likeness (QED) is 0.672. The first-order valence-electron chi connectivity index (χ1n) is 4.60. The number of hydrogen-bond acceptors (Lipinski definition) is 5. The summed E-state index contributed by atoms with van der Waals surface area (Å²) in [4.78, 5) is 0. The van der Waals surface area contributed by atoms with E-state index < -0.39 is 24.9 Å². The Hall–Kier alpha value is -0.180. The first kappa shape index (κ1) is 12.9. The zero-order valence-electron chi connectivity index (χ0n) is 8.80. The van der Waals surface area contributed by atoms with Crippen molar-refractivity contribution in [3.8, 4) is 0 Å². The Morgan fingerprint density at radius 2 is 1.93 bits per heavy atom. The summed E-state index contributed by atoms with van der Waals surface area (Å²) < 4.78 is 46.7. The van der Waals surface area contributed by atoms with Crippen LogP contribution in [0.5, 0.6) is 0 Å². The summed E-state index contributed by atoms with van der Waals surface area (Å²) in [5, 5.41) is 2.24. The molecule has 1 aliphatic heterocycles. The van der Waals surface area contributed by atoms with Crippen LogP contribution in [0, 0.1) is 0 Å². The SMILES string of the molecule is C[C@@H]1CNCCN1S(=O)(=O)CS(C)(=O)=O. The lowest BCUT2D eigenvalue weighted by atomic mass is 10.3. The second kappa shape index (κ2) is 4.36. The lowest BCUT2D eigenvalue weighted by molar-refractivity contribution is 0.285. The molecule has 8 heteroatoms. The van der Waals surface area contributed by atoms with Gasteiger partial charge in [0.15, 0.2) is 14.9 Å². The van der Waals surface area contributed by atoms with Gasteiger partial charge in [-0.05, 0) is 6.92 Å². The van der Waals surface area contributed by atoms with E-state index in [1.165, 1.54) is 4.31 Å². The molecule has 0 aromatic rings. The van der Waals surface area contributed by atoms with Crippen molar-refractivity contribution in [2.24, 2.45) is 0 Å². The summed E-state index contributed by atoms with van der Waals surface area (Å²) in [6.07, 6.45) is 0.928. The maximum Gasteiger partial charge on any atom is 0.228 e. The molecule has 1 heterocycles. The van der Waals surface area contributed by atoms with Crippen LogP contribution >= 0.6 is 0 Å². The molecule has 0 saturated carbocycles. The van der Waals surface area contributed by atoms with E-state index in [1.807, 2.05) is 0 Å². The van der Waals surface area contributed by atoms with E-state index >= 15 is 0 Å². The van der Waals surface area contributed by atoms with Crippen LogP contribution in [0.2, 0.25) is 0 Å². The Labute approximate surface area is 90.6 Å². The minimum absolute atomic E-state index is 0.189. The first-order valence-corrected chi connectivity index (χ1v) is 8.27. The molecule has 0 aliphatic carbocycles. The lowest BCUT2D eigenvalue weighted by Crippen LogP contribution is -2.53. The maximum atomic E-state index is 11.7. The number of piperazine rings is 1. The molecule has 0 amide bonds. The van der Waals surface area contributed by atoms with Crippen molar-refractivity contribution < 1.29 is 16.8 Å². The largest absolute Gasteiger partial charge is 0.314 e. The minimum atomic E-state index is -3.68. The summed E-state index contributed by atoms with van der Waals surface area (Å²) in [7, 11) is -7.19. The normalized spacial score (nSPS) is 25.3. The van der Waals surface area contributed by atoms with E-state index in [1.54, 1.807) is 6.92 Å². The Kier molecular flexibility index (Phi) is 3.75. The van der Waals surface area contributed by atoms with Crippen LogP contribution in [0.4, 0.5) is 0 Å². The Balaban J connectivity index is 2.85. The molecule has 15 heavy (non-hydrogen) atoms. The van der Waals surface area contributed by atoms with Gasteiger partial charge in [-0.3, -0.25) is 0 Å². The zero-order chi connectivity index (χ0) is 11.7. The monoisotopic (exact) mass is 256 g/mol. The van der Waals surface area contributed by atoms with Crippen molar-refractivity contribution in [2.45, 2.75) is 13.0 Å². The highest BCUT2D eigenvalue weighted by atomic mass is 32.3. The molecule has 1 atom stereocenters.